The van der Waals surface area contributed by atoms with Gasteiger partial charge in [-0.15, -0.1) is 0 Å². The van der Waals surface area contributed by atoms with Gasteiger partial charge in [0.05, 0.1) is 16.9 Å². The van der Waals surface area contributed by atoms with Crippen LogP contribution in [-0.2, 0) is 0 Å². The van der Waals surface area contributed by atoms with Crippen molar-refractivity contribution in [2.24, 2.45) is 0 Å². The van der Waals surface area contributed by atoms with Crippen LogP contribution in [0, 0.1) is 0 Å². The van der Waals surface area contributed by atoms with Crippen molar-refractivity contribution >= 4 is 11.0 Å². The topological polar surface area (TPSA) is 39.9 Å². The number of nitrogens with zero attached hydrogens (tertiary/aromatic N) is 3. The molecule has 7 rings (SSSR count). The first-order valence-electron chi connectivity index (χ1n) is 13.3. The second kappa shape index (κ2) is 10.4. The van der Waals surface area contributed by atoms with Gasteiger partial charge in [-0.1, -0.05) is 109 Å². The zero-order valence-corrected chi connectivity index (χ0v) is 21.7. The summed E-state index contributed by atoms with van der Waals surface area (Å²) in [6.45, 7) is 0. The molecule has 190 valence electrons. The van der Waals surface area contributed by atoms with E-state index in [1.165, 1.54) is 0 Å². The monoisotopic (exact) mass is 515 g/mol. The lowest BCUT2D eigenvalue weighted by Crippen LogP contribution is -2.00. The van der Waals surface area contributed by atoms with Gasteiger partial charge in [0.15, 0.2) is 0 Å². The second-order valence-electron chi connectivity index (χ2n) is 9.50. The molecule has 7 aromatic rings. The number of ether oxygens (including phenoxy) is 1. The molecule has 0 bridgehead atoms. The Morgan fingerprint density at radius 3 is 1.95 bits per heavy atom. The Labute approximate surface area is 232 Å². The molecule has 0 atom stereocenters. The Kier molecular flexibility index (Phi) is 6.11. The molecule has 0 aliphatic carbocycles. The Bertz CT molecular complexity index is 1910. The van der Waals surface area contributed by atoms with Crippen molar-refractivity contribution in [3.8, 4) is 51.0 Å². The number of pyridine rings is 1. The van der Waals surface area contributed by atoms with Crippen LogP contribution in [0.4, 0.5) is 0 Å². The first-order valence-corrected chi connectivity index (χ1v) is 13.3. The van der Waals surface area contributed by atoms with Gasteiger partial charge in [-0.3, -0.25) is 9.55 Å². The van der Waals surface area contributed by atoms with Crippen molar-refractivity contribution in [1.29, 1.82) is 0 Å². The zero-order valence-electron chi connectivity index (χ0n) is 21.7. The van der Waals surface area contributed by atoms with Crippen molar-refractivity contribution in [2.45, 2.75) is 0 Å². The van der Waals surface area contributed by atoms with E-state index >= 15 is 0 Å². The molecular weight excluding hydrogens is 490 g/mol. The third-order valence-corrected chi connectivity index (χ3v) is 6.97. The van der Waals surface area contributed by atoms with E-state index in [0.717, 1.165) is 50.2 Å². The molecule has 5 aromatic carbocycles. The minimum absolute atomic E-state index is 0.500. The van der Waals surface area contributed by atoms with E-state index < -0.39 is 0 Å². The summed E-state index contributed by atoms with van der Waals surface area (Å²) >= 11 is 0. The predicted molar refractivity (Wildman–Crippen MR) is 162 cm³/mol. The predicted octanol–water partition coefficient (Wildman–Crippen LogP) is 9.21. The zero-order chi connectivity index (χ0) is 26.7. The Morgan fingerprint density at radius 1 is 0.525 bits per heavy atom. The van der Waals surface area contributed by atoms with E-state index in [0.29, 0.717) is 11.8 Å². The molecule has 0 radical (unpaired) electrons. The highest BCUT2D eigenvalue weighted by Crippen LogP contribution is 2.38. The van der Waals surface area contributed by atoms with Crippen LogP contribution in [0.3, 0.4) is 0 Å². The van der Waals surface area contributed by atoms with Crippen molar-refractivity contribution in [3.63, 3.8) is 0 Å². The third kappa shape index (κ3) is 4.42. The van der Waals surface area contributed by atoms with Crippen LogP contribution >= 0.6 is 0 Å². The molecule has 0 aliphatic heterocycles. The van der Waals surface area contributed by atoms with E-state index in [1.807, 2.05) is 54.6 Å². The number of hydrogen-bond donors (Lipinski definition) is 0. The summed E-state index contributed by atoms with van der Waals surface area (Å²) in [5, 5.41) is 0. The Balaban J connectivity index is 1.44. The van der Waals surface area contributed by atoms with Crippen LogP contribution in [0.25, 0.3) is 50.2 Å². The molecule has 2 heterocycles. The first kappa shape index (κ1) is 23.6. The highest BCUT2D eigenvalue weighted by Gasteiger charge is 2.20. The largest absolute Gasteiger partial charge is 0.425 e. The number of imidazole rings is 1. The summed E-state index contributed by atoms with van der Waals surface area (Å²) in [6, 6.07) is 49.9. The van der Waals surface area contributed by atoms with Gasteiger partial charge in [-0.2, -0.15) is 4.98 Å². The van der Waals surface area contributed by atoms with Crippen LogP contribution in [-0.4, -0.2) is 14.5 Å². The Morgan fingerprint density at radius 2 is 1.18 bits per heavy atom. The molecule has 2 aromatic heterocycles. The van der Waals surface area contributed by atoms with Gasteiger partial charge in [0, 0.05) is 22.9 Å². The van der Waals surface area contributed by atoms with Crippen LogP contribution in [0.1, 0.15) is 0 Å². The normalized spacial score (nSPS) is 11.0. The number of benzene rings is 5. The maximum atomic E-state index is 6.62. The van der Waals surface area contributed by atoms with Gasteiger partial charge in [-0.25, -0.2) is 0 Å². The average Bonchev–Trinajstić information content (AvgIpc) is 3.40. The lowest BCUT2D eigenvalue weighted by atomic mass is 10.0. The molecule has 0 unspecified atom stereocenters. The maximum absolute atomic E-state index is 6.62. The molecule has 0 fully saturated rings. The van der Waals surface area contributed by atoms with Crippen molar-refractivity contribution in [3.05, 3.63) is 152 Å². The van der Waals surface area contributed by atoms with E-state index in [2.05, 4.69) is 101 Å². The number of hydrogen-bond acceptors (Lipinski definition) is 3. The quantitative estimate of drug-likeness (QED) is 0.222. The second-order valence-corrected chi connectivity index (χ2v) is 9.50. The fraction of sp³-hybridized carbons (Fsp3) is 0. The number of fused-ring (bicyclic) bond motifs is 1. The smallest absolute Gasteiger partial charge is 0.307 e. The van der Waals surface area contributed by atoms with Gasteiger partial charge in [0.2, 0.25) is 0 Å². The number of aromatic nitrogens is 3. The first-order chi connectivity index (χ1) is 19.8. The molecule has 0 amide bonds. The van der Waals surface area contributed by atoms with E-state index in [1.54, 1.807) is 6.20 Å². The van der Waals surface area contributed by atoms with Crippen LogP contribution in [0.15, 0.2) is 152 Å². The van der Waals surface area contributed by atoms with Gasteiger partial charge in [0.1, 0.15) is 11.3 Å². The molecule has 0 aliphatic rings. The average molecular weight is 516 g/mol. The SMILES string of the molecule is c1ccc(-c2ccccc2-n2c(Oc3cccc(-c4ccccn4)c3)nc3c(-c4ccccc4)cccc32)cc1. The highest BCUT2D eigenvalue weighted by molar-refractivity contribution is 5.94. The summed E-state index contributed by atoms with van der Waals surface area (Å²) in [5.41, 5.74) is 9.11. The van der Waals surface area contributed by atoms with E-state index in [-0.39, 0.29) is 0 Å². The van der Waals surface area contributed by atoms with E-state index in [9.17, 15) is 0 Å². The van der Waals surface area contributed by atoms with Crippen LogP contribution in [0.5, 0.6) is 11.8 Å². The molecule has 0 saturated carbocycles. The fourth-order valence-corrected chi connectivity index (χ4v) is 5.12. The summed E-state index contributed by atoms with van der Waals surface area (Å²) in [6.07, 6.45) is 1.80. The minimum Gasteiger partial charge on any atom is -0.425 e. The third-order valence-electron chi connectivity index (χ3n) is 6.97. The standard InChI is InChI=1S/C36H25N3O/c1-3-13-26(14-4-1)30-19-7-8-22-33(30)39-34-23-12-20-31(27-15-5-2-6-16-27)35(34)38-36(39)40-29-18-11-17-28(25-29)32-21-9-10-24-37-32/h1-25H. The number of para-hydroxylation sites is 2. The van der Waals surface area contributed by atoms with Crippen molar-refractivity contribution in [1.82, 2.24) is 14.5 Å². The molecule has 0 spiro atoms. The molecule has 4 heteroatoms. The Hall–Kier alpha value is -5.48. The summed E-state index contributed by atoms with van der Waals surface area (Å²) in [7, 11) is 0. The number of rotatable bonds is 6. The minimum atomic E-state index is 0.500. The van der Waals surface area contributed by atoms with Gasteiger partial charge in [-0.05, 0) is 47.5 Å². The summed E-state index contributed by atoms with van der Waals surface area (Å²) < 4.78 is 8.74. The highest BCUT2D eigenvalue weighted by atomic mass is 16.5. The summed E-state index contributed by atoms with van der Waals surface area (Å²) in [4.78, 5) is 9.63. The molecule has 0 N–H and O–H groups in total. The van der Waals surface area contributed by atoms with Gasteiger partial charge in [0.25, 0.3) is 0 Å². The van der Waals surface area contributed by atoms with Crippen LogP contribution < -0.4 is 4.74 Å². The van der Waals surface area contributed by atoms with E-state index in [4.69, 9.17) is 9.72 Å². The molecular formula is C36H25N3O. The van der Waals surface area contributed by atoms with Crippen LogP contribution in [0.2, 0.25) is 0 Å². The lowest BCUT2D eigenvalue weighted by molar-refractivity contribution is 0.437. The van der Waals surface area contributed by atoms with Gasteiger partial charge < -0.3 is 4.74 Å². The maximum Gasteiger partial charge on any atom is 0.307 e. The van der Waals surface area contributed by atoms with Gasteiger partial charge >= 0.3 is 6.01 Å². The van der Waals surface area contributed by atoms with Crippen molar-refractivity contribution < 1.29 is 4.74 Å². The lowest BCUT2D eigenvalue weighted by Gasteiger charge is -2.15. The molecule has 40 heavy (non-hydrogen) atoms. The summed E-state index contributed by atoms with van der Waals surface area (Å²) in [5.74, 6) is 0.693. The molecule has 4 nitrogen and oxygen atoms in total. The molecule has 0 saturated heterocycles. The van der Waals surface area contributed by atoms with Crippen molar-refractivity contribution in [2.75, 3.05) is 0 Å². The fourth-order valence-electron chi connectivity index (χ4n) is 5.12.